The summed E-state index contributed by atoms with van der Waals surface area (Å²) in [5, 5.41) is 0. The molecule has 3 heteroatoms. The maximum Gasteiger partial charge on any atom is 0.163 e. The van der Waals surface area contributed by atoms with Crippen LogP contribution >= 0.6 is 0 Å². The first kappa shape index (κ1) is 13.2. The van der Waals surface area contributed by atoms with Crippen LogP contribution < -0.4 is 5.73 Å². The van der Waals surface area contributed by atoms with Crippen LogP contribution in [0, 0.1) is 11.6 Å². The van der Waals surface area contributed by atoms with Crippen molar-refractivity contribution in [3.05, 3.63) is 47.0 Å². The first-order valence-electron chi connectivity index (χ1n) is 6.58. The molecule has 1 unspecified atom stereocenters. The smallest absolute Gasteiger partial charge is 0.163 e. The molecule has 2 N–H and O–H groups in total. The van der Waals surface area contributed by atoms with E-state index in [2.05, 4.69) is 6.08 Å². The van der Waals surface area contributed by atoms with Crippen molar-refractivity contribution < 1.29 is 8.78 Å². The van der Waals surface area contributed by atoms with Crippen molar-refractivity contribution in [2.75, 3.05) is 0 Å². The van der Waals surface area contributed by atoms with Gasteiger partial charge in [0.2, 0.25) is 0 Å². The van der Waals surface area contributed by atoms with Gasteiger partial charge in [0.05, 0.1) is 6.04 Å². The molecule has 18 heavy (non-hydrogen) atoms. The maximum absolute atomic E-state index is 13.7. The van der Waals surface area contributed by atoms with Crippen LogP contribution in [0.2, 0.25) is 0 Å². The third kappa shape index (κ3) is 2.96. The summed E-state index contributed by atoms with van der Waals surface area (Å²) in [6.07, 6.45) is 8.65. The second-order valence-electron chi connectivity index (χ2n) is 4.85. The molecule has 0 heterocycles. The highest BCUT2D eigenvalue weighted by Crippen LogP contribution is 2.29. The van der Waals surface area contributed by atoms with Crippen molar-refractivity contribution in [2.24, 2.45) is 5.73 Å². The summed E-state index contributed by atoms with van der Waals surface area (Å²) >= 11 is 0. The molecular formula is C15H19F2N. The van der Waals surface area contributed by atoms with E-state index < -0.39 is 17.7 Å². The summed E-state index contributed by atoms with van der Waals surface area (Å²) in [7, 11) is 0. The average molecular weight is 251 g/mol. The van der Waals surface area contributed by atoms with Gasteiger partial charge >= 0.3 is 0 Å². The van der Waals surface area contributed by atoms with Gasteiger partial charge in [-0.2, -0.15) is 0 Å². The molecule has 0 amide bonds. The maximum atomic E-state index is 13.7. The Morgan fingerprint density at radius 2 is 1.83 bits per heavy atom. The summed E-state index contributed by atoms with van der Waals surface area (Å²) in [4.78, 5) is 0. The van der Waals surface area contributed by atoms with Gasteiger partial charge in [-0.1, -0.05) is 36.6 Å². The predicted octanol–water partition coefficient (Wildman–Crippen LogP) is 4.25. The van der Waals surface area contributed by atoms with Crippen molar-refractivity contribution in [1.29, 1.82) is 0 Å². The van der Waals surface area contributed by atoms with Crippen LogP contribution in [-0.2, 0) is 0 Å². The lowest BCUT2D eigenvalue weighted by Gasteiger charge is -2.19. The molecule has 0 fully saturated rings. The Kier molecular flexibility index (Phi) is 4.48. The Morgan fingerprint density at radius 3 is 2.67 bits per heavy atom. The van der Waals surface area contributed by atoms with Crippen molar-refractivity contribution in [2.45, 2.75) is 44.6 Å². The van der Waals surface area contributed by atoms with Crippen LogP contribution in [0.25, 0.3) is 0 Å². The number of nitrogens with two attached hydrogens (primary N) is 1. The van der Waals surface area contributed by atoms with Gasteiger partial charge in [-0.05, 0) is 31.7 Å². The number of hydrogen-bond acceptors (Lipinski definition) is 1. The van der Waals surface area contributed by atoms with E-state index in [-0.39, 0.29) is 5.56 Å². The van der Waals surface area contributed by atoms with Gasteiger partial charge in [0.25, 0.3) is 0 Å². The van der Waals surface area contributed by atoms with Gasteiger partial charge in [-0.15, -0.1) is 0 Å². The normalized spacial score (nSPS) is 21.6. The van der Waals surface area contributed by atoms with E-state index in [0.717, 1.165) is 37.3 Å². The van der Waals surface area contributed by atoms with Crippen molar-refractivity contribution in [3.8, 4) is 0 Å². The van der Waals surface area contributed by atoms with E-state index in [1.165, 1.54) is 18.9 Å². The lowest BCUT2D eigenvalue weighted by atomic mass is 9.91. The first-order valence-corrected chi connectivity index (χ1v) is 6.58. The Labute approximate surface area is 107 Å². The van der Waals surface area contributed by atoms with E-state index in [9.17, 15) is 8.78 Å². The molecule has 2 rings (SSSR count). The topological polar surface area (TPSA) is 26.0 Å². The van der Waals surface area contributed by atoms with E-state index >= 15 is 0 Å². The Hall–Kier alpha value is -1.22. The lowest BCUT2D eigenvalue weighted by molar-refractivity contribution is 0.491. The number of benzene rings is 1. The lowest BCUT2D eigenvalue weighted by Crippen LogP contribution is -2.16. The molecule has 0 saturated carbocycles. The van der Waals surface area contributed by atoms with Gasteiger partial charge in [0.1, 0.15) is 0 Å². The van der Waals surface area contributed by atoms with Crippen LogP contribution in [0.15, 0.2) is 29.8 Å². The van der Waals surface area contributed by atoms with Crippen LogP contribution in [0.1, 0.15) is 50.1 Å². The minimum absolute atomic E-state index is 0.266. The van der Waals surface area contributed by atoms with Crippen molar-refractivity contribution in [3.63, 3.8) is 0 Å². The predicted molar refractivity (Wildman–Crippen MR) is 69.1 cm³/mol. The minimum atomic E-state index is -0.825. The molecule has 1 nitrogen and oxygen atoms in total. The Morgan fingerprint density at radius 1 is 1.06 bits per heavy atom. The zero-order valence-corrected chi connectivity index (χ0v) is 10.5. The highest BCUT2D eigenvalue weighted by Gasteiger charge is 2.18. The van der Waals surface area contributed by atoms with Crippen LogP contribution in [0.4, 0.5) is 8.78 Å². The molecule has 1 aliphatic carbocycles. The van der Waals surface area contributed by atoms with E-state index in [4.69, 9.17) is 5.73 Å². The fourth-order valence-electron chi connectivity index (χ4n) is 2.46. The summed E-state index contributed by atoms with van der Waals surface area (Å²) in [6, 6.07) is 3.69. The largest absolute Gasteiger partial charge is 0.320 e. The molecular weight excluding hydrogens is 232 g/mol. The second kappa shape index (κ2) is 6.10. The highest BCUT2D eigenvalue weighted by atomic mass is 19.2. The summed E-state index contributed by atoms with van der Waals surface area (Å²) in [5.74, 6) is -1.64. The Bertz CT molecular complexity index is 440. The van der Waals surface area contributed by atoms with Gasteiger partial charge in [0, 0.05) is 5.56 Å². The third-order valence-electron chi connectivity index (χ3n) is 3.54. The monoisotopic (exact) mass is 251 g/mol. The molecule has 1 aliphatic rings. The van der Waals surface area contributed by atoms with Crippen LogP contribution in [-0.4, -0.2) is 0 Å². The first-order chi connectivity index (χ1) is 8.70. The fourth-order valence-corrected chi connectivity index (χ4v) is 2.46. The fraction of sp³-hybridized carbons (Fsp3) is 0.467. The van der Waals surface area contributed by atoms with Gasteiger partial charge in [0.15, 0.2) is 11.6 Å². The second-order valence-corrected chi connectivity index (χ2v) is 4.85. The summed E-state index contributed by atoms with van der Waals surface area (Å²) in [6.45, 7) is 0. The summed E-state index contributed by atoms with van der Waals surface area (Å²) < 4.78 is 26.9. The zero-order chi connectivity index (χ0) is 13.0. The van der Waals surface area contributed by atoms with Gasteiger partial charge < -0.3 is 5.73 Å². The average Bonchev–Trinajstić information content (AvgIpc) is 2.31. The molecule has 0 radical (unpaired) electrons. The minimum Gasteiger partial charge on any atom is -0.320 e. The Balaban J connectivity index is 2.23. The number of allylic oxidation sites excluding steroid dienone is 1. The number of rotatable bonds is 2. The SMILES string of the molecule is NC(/C1=C/CCCCCC1)c1cccc(F)c1F. The van der Waals surface area contributed by atoms with Gasteiger partial charge in [-0.3, -0.25) is 0 Å². The van der Waals surface area contributed by atoms with Crippen LogP contribution in [0.5, 0.6) is 0 Å². The molecule has 0 bridgehead atoms. The molecule has 98 valence electrons. The van der Waals surface area contributed by atoms with Gasteiger partial charge in [-0.25, -0.2) is 8.78 Å². The third-order valence-corrected chi connectivity index (χ3v) is 3.54. The van der Waals surface area contributed by atoms with Crippen molar-refractivity contribution >= 4 is 0 Å². The molecule has 0 aromatic heterocycles. The summed E-state index contributed by atoms with van der Waals surface area (Å²) in [5.41, 5.74) is 7.39. The van der Waals surface area contributed by atoms with E-state index in [1.54, 1.807) is 6.07 Å². The quantitative estimate of drug-likeness (QED) is 0.781. The molecule has 0 aliphatic heterocycles. The number of halogens is 2. The van der Waals surface area contributed by atoms with E-state index in [1.807, 2.05) is 0 Å². The molecule has 1 atom stereocenters. The molecule has 0 saturated heterocycles. The van der Waals surface area contributed by atoms with Crippen LogP contribution in [0.3, 0.4) is 0 Å². The molecule has 0 spiro atoms. The van der Waals surface area contributed by atoms with Crippen molar-refractivity contribution in [1.82, 2.24) is 0 Å². The highest BCUT2D eigenvalue weighted by molar-refractivity contribution is 5.29. The molecule has 1 aromatic carbocycles. The van der Waals surface area contributed by atoms with E-state index in [0.29, 0.717) is 0 Å². The standard InChI is InChI=1S/C15H19F2N/c16-13-10-6-9-12(14(13)17)15(18)11-7-4-2-1-3-5-8-11/h6-7,9-10,15H,1-5,8,18H2/b11-7+. The zero-order valence-electron chi connectivity index (χ0n) is 10.5. The number of hydrogen-bond donors (Lipinski definition) is 1. The molecule has 1 aromatic rings.